The van der Waals surface area contributed by atoms with E-state index in [1.54, 1.807) is 7.05 Å². The summed E-state index contributed by atoms with van der Waals surface area (Å²) >= 11 is 0. The van der Waals surface area contributed by atoms with E-state index in [0.29, 0.717) is 0 Å². The molecule has 2 amide bonds. The molecule has 0 aliphatic carbocycles. The number of nitrogens with one attached hydrogen (secondary N) is 2. The Labute approximate surface area is 38.8 Å². The third-order valence-corrected chi connectivity index (χ3v) is 0.620. The number of hydrogen-bond donors (Lipinski definition) is 2. The Bertz CT molecular complexity index is 49.5. The maximum Gasteiger partial charge on any atom is 0.317 e. The smallest absolute Gasteiger partial charge is 0.317 e. The third kappa shape index (κ3) is 1.97. The normalized spacial score (nSPS) is 7.00. The number of rotatable bonds is 0. The van der Waals surface area contributed by atoms with Crippen LogP contribution >= 0.6 is 9.39 Å². The molecule has 36 valence electrons. The van der Waals surface area contributed by atoms with Crippen molar-refractivity contribution in [3.05, 3.63) is 0 Å². The second kappa shape index (κ2) is 2.91. The molecule has 0 aliphatic rings. The maximum absolute atomic E-state index is 9.94. The van der Waals surface area contributed by atoms with Crippen LogP contribution in [0.15, 0.2) is 0 Å². The van der Waals surface area contributed by atoms with Crippen molar-refractivity contribution in [2.75, 3.05) is 7.05 Å². The van der Waals surface area contributed by atoms with Crippen molar-refractivity contribution in [1.29, 1.82) is 0 Å². The second-order valence-electron chi connectivity index (χ2n) is 0.723. The predicted octanol–water partition coefficient (Wildman–Crippen LogP) is -0.294. The lowest BCUT2D eigenvalue weighted by molar-refractivity contribution is 0.248. The molecule has 0 aromatic carbocycles. The van der Waals surface area contributed by atoms with E-state index < -0.39 is 0 Å². The minimum absolute atomic E-state index is 0.194. The SMILES string of the molecule is CNC(=O)NP. The summed E-state index contributed by atoms with van der Waals surface area (Å²) in [6.45, 7) is 0. The summed E-state index contributed by atoms with van der Waals surface area (Å²) < 4.78 is 0. The van der Waals surface area contributed by atoms with Crippen LogP contribution in [0.2, 0.25) is 0 Å². The molecule has 0 saturated carbocycles. The lowest BCUT2D eigenvalue weighted by Crippen LogP contribution is -2.24. The van der Waals surface area contributed by atoms with Crippen molar-refractivity contribution in [3.8, 4) is 0 Å². The fourth-order valence-corrected chi connectivity index (χ4v) is 0.217. The Balaban J connectivity index is 2.99. The minimum atomic E-state index is -0.194. The van der Waals surface area contributed by atoms with Crippen LogP contribution in [0.4, 0.5) is 4.79 Å². The quantitative estimate of drug-likeness (QED) is 0.409. The highest BCUT2D eigenvalue weighted by molar-refractivity contribution is 7.15. The van der Waals surface area contributed by atoms with E-state index in [4.69, 9.17) is 0 Å². The first-order chi connectivity index (χ1) is 2.81. The molecule has 6 heavy (non-hydrogen) atoms. The largest absolute Gasteiger partial charge is 0.341 e. The van der Waals surface area contributed by atoms with E-state index in [0.717, 1.165) is 0 Å². The first-order valence-electron chi connectivity index (χ1n) is 1.49. The molecule has 0 bridgehead atoms. The zero-order valence-corrected chi connectivity index (χ0v) is 4.64. The second-order valence-corrected chi connectivity index (χ2v) is 1.01. The number of carbonyl (C=O) groups is 1. The van der Waals surface area contributed by atoms with Gasteiger partial charge < -0.3 is 10.4 Å². The number of carbonyl (C=O) groups excluding carboxylic acids is 1. The van der Waals surface area contributed by atoms with Gasteiger partial charge in [-0.25, -0.2) is 4.79 Å². The summed E-state index contributed by atoms with van der Waals surface area (Å²) in [5, 5.41) is 4.62. The van der Waals surface area contributed by atoms with Gasteiger partial charge in [-0.05, 0) is 9.39 Å². The Hall–Kier alpha value is -0.300. The number of amides is 2. The standard InChI is InChI=1S/C2H7N2OP/c1-3-2(5)4-6/h6H2,1H3,(H2,3,4,5). The molecule has 0 aromatic rings. The van der Waals surface area contributed by atoms with Crippen molar-refractivity contribution < 1.29 is 4.79 Å². The van der Waals surface area contributed by atoms with Gasteiger partial charge in [-0.2, -0.15) is 0 Å². The van der Waals surface area contributed by atoms with Gasteiger partial charge >= 0.3 is 6.03 Å². The summed E-state index contributed by atoms with van der Waals surface area (Å²) in [6, 6.07) is -0.194. The van der Waals surface area contributed by atoms with Gasteiger partial charge in [0, 0.05) is 7.05 Å². The molecule has 0 heterocycles. The first-order valence-corrected chi connectivity index (χ1v) is 2.07. The van der Waals surface area contributed by atoms with Gasteiger partial charge in [0.05, 0.1) is 0 Å². The van der Waals surface area contributed by atoms with E-state index in [9.17, 15) is 4.79 Å². The highest BCUT2D eigenvalue weighted by Gasteiger charge is 1.81. The van der Waals surface area contributed by atoms with Crippen LogP contribution in [0.3, 0.4) is 0 Å². The summed E-state index contributed by atoms with van der Waals surface area (Å²) in [6.07, 6.45) is 0. The van der Waals surface area contributed by atoms with Crippen LogP contribution in [-0.4, -0.2) is 13.1 Å². The summed E-state index contributed by atoms with van der Waals surface area (Å²) in [4.78, 5) is 9.94. The van der Waals surface area contributed by atoms with Gasteiger partial charge in [-0.15, -0.1) is 0 Å². The Morgan fingerprint density at radius 2 is 2.33 bits per heavy atom. The van der Waals surface area contributed by atoms with Gasteiger partial charge in [0.15, 0.2) is 0 Å². The molecule has 0 fully saturated rings. The van der Waals surface area contributed by atoms with Crippen molar-refractivity contribution in [3.63, 3.8) is 0 Å². The summed E-state index contributed by atoms with van der Waals surface area (Å²) in [7, 11) is 3.63. The molecular formula is C2H7N2OP. The van der Waals surface area contributed by atoms with Gasteiger partial charge in [0.2, 0.25) is 0 Å². The lowest BCUT2D eigenvalue weighted by Gasteiger charge is -1.90. The minimum Gasteiger partial charge on any atom is -0.341 e. The van der Waals surface area contributed by atoms with Crippen LogP contribution in [0.25, 0.3) is 0 Å². The number of hydrogen-bond acceptors (Lipinski definition) is 1. The van der Waals surface area contributed by atoms with E-state index >= 15 is 0 Å². The summed E-state index contributed by atoms with van der Waals surface area (Å²) in [5.74, 6) is 0. The summed E-state index contributed by atoms with van der Waals surface area (Å²) in [5.41, 5.74) is 0. The van der Waals surface area contributed by atoms with Crippen LogP contribution in [0.5, 0.6) is 0 Å². The van der Waals surface area contributed by atoms with Gasteiger partial charge in [-0.3, -0.25) is 0 Å². The molecule has 0 aliphatic heterocycles. The fraction of sp³-hybridized carbons (Fsp3) is 0.500. The molecule has 0 radical (unpaired) electrons. The first kappa shape index (κ1) is 5.70. The topological polar surface area (TPSA) is 41.1 Å². The van der Waals surface area contributed by atoms with Crippen molar-refractivity contribution in [2.24, 2.45) is 0 Å². The molecule has 3 nitrogen and oxygen atoms in total. The Kier molecular flexibility index (Phi) is 2.77. The molecular weight excluding hydrogens is 99.0 g/mol. The maximum atomic E-state index is 9.94. The molecule has 2 N–H and O–H groups in total. The van der Waals surface area contributed by atoms with Crippen molar-refractivity contribution in [1.82, 2.24) is 10.4 Å². The molecule has 4 heteroatoms. The monoisotopic (exact) mass is 106 g/mol. The van der Waals surface area contributed by atoms with E-state index in [1.807, 2.05) is 0 Å². The van der Waals surface area contributed by atoms with Gasteiger partial charge in [-0.1, -0.05) is 0 Å². The van der Waals surface area contributed by atoms with Crippen LogP contribution in [0.1, 0.15) is 0 Å². The fourth-order valence-electron chi connectivity index (χ4n) is 0.0722. The zero-order chi connectivity index (χ0) is 4.99. The molecule has 0 saturated heterocycles. The lowest BCUT2D eigenvalue weighted by atomic mass is 11.0. The molecule has 0 aromatic heterocycles. The number of urea groups is 1. The Morgan fingerprint density at radius 1 is 1.83 bits per heavy atom. The Morgan fingerprint density at radius 3 is 2.33 bits per heavy atom. The van der Waals surface area contributed by atoms with E-state index in [-0.39, 0.29) is 6.03 Å². The third-order valence-electron chi connectivity index (χ3n) is 0.358. The van der Waals surface area contributed by atoms with Gasteiger partial charge in [0.1, 0.15) is 0 Å². The molecule has 1 unspecified atom stereocenters. The highest BCUT2D eigenvalue weighted by Crippen LogP contribution is 1.64. The van der Waals surface area contributed by atoms with E-state index in [2.05, 4.69) is 19.8 Å². The van der Waals surface area contributed by atoms with Crippen molar-refractivity contribution in [2.45, 2.75) is 0 Å². The molecule has 0 spiro atoms. The van der Waals surface area contributed by atoms with Gasteiger partial charge in [0.25, 0.3) is 0 Å². The zero-order valence-electron chi connectivity index (χ0n) is 3.49. The predicted molar refractivity (Wildman–Crippen MR) is 27.3 cm³/mol. The average molecular weight is 106 g/mol. The van der Waals surface area contributed by atoms with Crippen LogP contribution in [-0.2, 0) is 0 Å². The van der Waals surface area contributed by atoms with Crippen LogP contribution in [0, 0.1) is 0 Å². The highest BCUT2D eigenvalue weighted by atomic mass is 31.0. The molecule has 1 atom stereocenters. The van der Waals surface area contributed by atoms with E-state index in [1.165, 1.54) is 0 Å². The van der Waals surface area contributed by atoms with Crippen molar-refractivity contribution >= 4 is 15.4 Å². The average Bonchev–Trinajstić information content (AvgIpc) is 1.65. The van der Waals surface area contributed by atoms with Crippen LogP contribution < -0.4 is 10.4 Å². The molecule has 0 rings (SSSR count).